The molecule has 0 heterocycles. The maximum Gasteiger partial charge on any atom is 0.317 e. The summed E-state index contributed by atoms with van der Waals surface area (Å²) in [5, 5.41) is 8.97. The van der Waals surface area contributed by atoms with Gasteiger partial charge in [-0.15, -0.1) is 0 Å². The molecule has 0 unspecified atom stereocenters. The molecule has 1 aliphatic carbocycles. The number of carboxylic acids is 1. The molecule has 1 N–H and O–H groups in total. The van der Waals surface area contributed by atoms with Crippen LogP contribution in [0.3, 0.4) is 0 Å². The van der Waals surface area contributed by atoms with E-state index in [4.69, 9.17) is 5.11 Å². The molecule has 21 heavy (non-hydrogen) atoms. The summed E-state index contributed by atoms with van der Waals surface area (Å²) < 4.78 is 0. The van der Waals surface area contributed by atoms with Crippen molar-refractivity contribution in [2.45, 2.75) is 38.8 Å². The fourth-order valence-electron chi connectivity index (χ4n) is 2.50. The number of para-hydroxylation sites is 1. The predicted octanol–water partition coefficient (Wildman–Crippen LogP) is 1.98. The predicted molar refractivity (Wildman–Crippen MR) is 81.3 cm³/mol. The van der Waals surface area contributed by atoms with Gasteiger partial charge in [0, 0.05) is 17.8 Å². The van der Waals surface area contributed by atoms with Gasteiger partial charge in [0.1, 0.15) is 0 Å². The van der Waals surface area contributed by atoms with E-state index in [0.29, 0.717) is 0 Å². The molecular formula is C16H22N2O3. The summed E-state index contributed by atoms with van der Waals surface area (Å²) in [7, 11) is 0. The highest BCUT2D eigenvalue weighted by atomic mass is 16.4. The SMILES string of the molecule is CC(C)N(C(=O)CN(CC(=O)O)C1CC1)c1ccccc1. The molecule has 1 aliphatic rings. The normalized spacial score (nSPS) is 14.5. The topological polar surface area (TPSA) is 60.9 Å². The fourth-order valence-corrected chi connectivity index (χ4v) is 2.50. The molecule has 5 heteroatoms. The van der Waals surface area contributed by atoms with Crippen molar-refractivity contribution in [2.75, 3.05) is 18.0 Å². The monoisotopic (exact) mass is 290 g/mol. The number of anilines is 1. The highest BCUT2D eigenvalue weighted by Crippen LogP contribution is 2.27. The molecule has 0 aliphatic heterocycles. The molecule has 0 bridgehead atoms. The molecule has 0 spiro atoms. The van der Waals surface area contributed by atoms with Crippen LogP contribution in [0.25, 0.3) is 0 Å². The standard InChI is InChI=1S/C16H22N2O3/c1-12(2)18(14-6-4-3-5-7-14)15(19)10-17(11-16(20)21)13-8-9-13/h3-7,12-13H,8-11H2,1-2H3,(H,20,21). The third-order valence-electron chi connectivity index (χ3n) is 3.56. The van der Waals surface area contributed by atoms with E-state index in [1.807, 2.05) is 44.2 Å². The van der Waals surface area contributed by atoms with Crippen LogP contribution in [0.4, 0.5) is 5.69 Å². The zero-order valence-corrected chi connectivity index (χ0v) is 12.5. The highest BCUT2D eigenvalue weighted by Gasteiger charge is 2.33. The molecule has 1 fully saturated rings. The lowest BCUT2D eigenvalue weighted by molar-refractivity contribution is -0.138. The number of aliphatic carboxylic acids is 1. The Bertz CT molecular complexity index is 498. The Morgan fingerprint density at radius 1 is 1.19 bits per heavy atom. The minimum Gasteiger partial charge on any atom is -0.480 e. The number of rotatable bonds is 7. The summed E-state index contributed by atoms with van der Waals surface area (Å²) in [4.78, 5) is 27.0. The fraction of sp³-hybridized carbons (Fsp3) is 0.500. The first-order valence-corrected chi connectivity index (χ1v) is 7.32. The Morgan fingerprint density at radius 3 is 2.29 bits per heavy atom. The summed E-state index contributed by atoms with van der Waals surface area (Å²) >= 11 is 0. The smallest absolute Gasteiger partial charge is 0.317 e. The number of benzene rings is 1. The molecule has 114 valence electrons. The van der Waals surface area contributed by atoms with Gasteiger partial charge in [-0.3, -0.25) is 14.5 Å². The van der Waals surface area contributed by atoms with E-state index in [2.05, 4.69) is 0 Å². The van der Waals surface area contributed by atoms with E-state index >= 15 is 0 Å². The van der Waals surface area contributed by atoms with Crippen molar-refractivity contribution >= 4 is 17.6 Å². The zero-order valence-electron chi connectivity index (χ0n) is 12.5. The first-order chi connectivity index (χ1) is 9.99. The van der Waals surface area contributed by atoms with Crippen molar-refractivity contribution in [2.24, 2.45) is 0 Å². The van der Waals surface area contributed by atoms with Gasteiger partial charge in [-0.1, -0.05) is 18.2 Å². The van der Waals surface area contributed by atoms with Crippen LogP contribution < -0.4 is 4.90 Å². The van der Waals surface area contributed by atoms with Crippen LogP contribution in [0, 0.1) is 0 Å². The van der Waals surface area contributed by atoms with Crippen LogP contribution in [0.2, 0.25) is 0 Å². The molecule has 1 saturated carbocycles. The number of carbonyl (C=O) groups excluding carboxylic acids is 1. The van der Waals surface area contributed by atoms with Crippen molar-refractivity contribution in [3.05, 3.63) is 30.3 Å². The highest BCUT2D eigenvalue weighted by molar-refractivity contribution is 5.95. The van der Waals surface area contributed by atoms with E-state index in [1.54, 1.807) is 9.80 Å². The number of nitrogens with zero attached hydrogens (tertiary/aromatic N) is 2. The lowest BCUT2D eigenvalue weighted by Crippen LogP contribution is -2.46. The Balaban J connectivity index is 2.09. The first kappa shape index (κ1) is 15.5. The number of carboxylic acid groups (broad SMARTS) is 1. The van der Waals surface area contributed by atoms with Crippen molar-refractivity contribution in [1.82, 2.24) is 4.90 Å². The van der Waals surface area contributed by atoms with Crippen molar-refractivity contribution < 1.29 is 14.7 Å². The van der Waals surface area contributed by atoms with Crippen molar-refractivity contribution in [1.29, 1.82) is 0 Å². The van der Waals surface area contributed by atoms with Gasteiger partial charge in [-0.25, -0.2) is 0 Å². The molecule has 0 atom stereocenters. The molecule has 2 rings (SSSR count). The molecule has 1 aromatic rings. The maximum atomic E-state index is 12.6. The van der Waals surface area contributed by atoms with E-state index in [-0.39, 0.29) is 31.1 Å². The van der Waals surface area contributed by atoms with Gasteiger partial charge < -0.3 is 10.0 Å². The van der Waals surface area contributed by atoms with Crippen LogP contribution in [0.5, 0.6) is 0 Å². The summed E-state index contributed by atoms with van der Waals surface area (Å²) in [5.74, 6) is -0.935. The van der Waals surface area contributed by atoms with Gasteiger partial charge in [-0.05, 0) is 38.8 Å². The van der Waals surface area contributed by atoms with Crippen LogP contribution >= 0.6 is 0 Å². The van der Waals surface area contributed by atoms with Crippen molar-refractivity contribution in [3.63, 3.8) is 0 Å². The number of hydrogen-bond donors (Lipinski definition) is 1. The second kappa shape index (κ2) is 6.72. The summed E-state index contributed by atoms with van der Waals surface area (Å²) in [5.41, 5.74) is 0.851. The Hall–Kier alpha value is -1.88. The second-order valence-corrected chi connectivity index (χ2v) is 5.72. The Labute approximate surface area is 125 Å². The van der Waals surface area contributed by atoms with E-state index in [9.17, 15) is 9.59 Å². The van der Waals surface area contributed by atoms with Crippen LogP contribution in [0.15, 0.2) is 30.3 Å². The number of hydrogen-bond acceptors (Lipinski definition) is 3. The van der Waals surface area contributed by atoms with E-state index < -0.39 is 5.97 Å². The van der Waals surface area contributed by atoms with Crippen LogP contribution in [0.1, 0.15) is 26.7 Å². The molecule has 5 nitrogen and oxygen atoms in total. The van der Waals surface area contributed by atoms with Gasteiger partial charge >= 0.3 is 5.97 Å². The molecular weight excluding hydrogens is 268 g/mol. The molecule has 0 aromatic heterocycles. The third-order valence-corrected chi connectivity index (χ3v) is 3.56. The van der Waals surface area contributed by atoms with E-state index in [0.717, 1.165) is 18.5 Å². The molecule has 0 saturated heterocycles. The van der Waals surface area contributed by atoms with Crippen LogP contribution in [-0.4, -0.2) is 47.1 Å². The Morgan fingerprint density at radius 2 is 1.81 bits per heavy atom. The average molecular weight is 290 g/mol. The minimum absolute atomic E-state index is 0.0331. The molecule has 0 radical (unpaired) electrons. The van der Waals surface area contributed by atoms with Crippen LogP contribution in [-0.2, 0) is 9.59 Å². The summed E-state index contributed by atoms with van der Waals surface area (Å²) in [6, 6.07) is 9.78. The van der Waals surface area contributed by atoms with Gasteiger partial charge in [0.15, 0.2) is 0 Å². The second-order valence-electron chi connectivity index (χ2n) is 5.72. The molecule has 1 aromatic carbocycles. The van der Waals surface area contributed by atoms with Gasteiger partial charge in [0.05, 0.1) is 13.1 Å². The van der Waals surface area contributed by atoms with E-state index in [1.165, 1.54) is 0 Å². The Kier molecular flexibility index (Phi) is 4.96. The summed E-state index contributed by atoms with van der Waals surface area (Å²) in [6.45, 7) is 4.01. The van der Waals surface area contributed by atoms with Crippen molar-refractivity contribution in [3.8, 4) is 0 Å². The quantitative estimate of drug-likeness (QED) is 0.834. The largest absolute Gasteiger partial charge is 0.480 e. The minimum atomic E-state index is -0.884. The number of carbonyl (C=O) groups is 2. The van der Waals surface area contributed by atoms with Gasteiger partial charge in [-0.2, -0.15) is 0 Å². The maximum absolute atomic E-state index is 12.6. The number of amides is 1. The average Bonchev–Trinajstić information content (AvgIpc) is 3.22. The van der Waals surface area contributed by atoms with Gasteiger partial charge in [0.25, 0.3) is 0 Å². The summed E-state index contributed by atoms with van der Waals surface area (Å²) in [6.07, 6.45) is 1.96. The molecule has 1 amide bonds. The lowest BCUT2D eigenvalue weighted by atomic mass is 10.2. The lowest BCUT2D eigenvalue weighted by Gasteiger charge is -2.29. The third kappa shape index (κ3) is 4.29. The zero-order chi connectivity index (χ0) is 15.4. The first-order valence-electron chi connectivity index (χ1n) is 7.32. The van der Waals surface area contributed by atoms with Gasteiger partial charge in [0.2, 0.25) is 5.91 Å².